The highest BCUT2D eigenvalue weighted by Crippen LogP contribution is 2.24. The van der Waals surface area contributed by atoms with Crippen molar-refractivity contribution in [2.45, 2.75) is 32.7 Å². The molecule has 3 heteroatoms. The van der Waals surface area contributed by atoms with Crippen molar-refractivity contribution in [3.63, 3.8) is 0 Å². The van der Waals surface area contributed by atoms with E-state index in [1.807, 2.05) is 12.3 Å². The molecule has 2 rings (SSSR count). The average molecular weight is 322 g/mol. The molecule has 0 saturated carbocycles. The minimum absolute atomic E-state index is 0.339. The summed E-state index contributed by atoms with van der Waals surface area (Å²) in [4.78, 5) is 0. The van der Waals surface area contributed by atoms with Crippen molar-refractivity contribution in [1.29, 1.82) is 0 Å². The van der Waals surface area contributed by atoms with Crippen LogP contribution in [0, 0.1) is 6.92 Å². The molecular formula is C16H20BrNO. The standard InChI is InChI=1S/C16H20BrNO/c1-3-7-18-16(10-13-6-8-19-11-13)15-5-4-14(17)9-12(15)2/h4-6,8-9,11,16,18H,3,7,10H2,1-2H3. The summed E-state index contributed by atoms with van der Waals surface area (Å²) in [7, 11) is 0. The maximum absolute atomic E-state index is 5.17. The SMILES string of the molecule is CCCNC(Cc1ccoc1)c1ccc(Br)cc1C. The van der Waals surface area contributed by atoms with Crippen molar-refractivity contribution in [3.8, 4) is 0 Å². The number of hydrogen-bond donors (Lipinski definition) is 1. The summed E-state index contributed by atoms with van der Waals surface area (Å²) in [5, 5.41) is 3.63. The van der Waals surface area contributed by atoms with Crippen LogP contribution >= 0.6 is 15.9 Å². The lowest BCUT2D eigenvalue weighted by molar-refractivity contribution is 0.519. The second-order valence-corrected chi connectivity index (χ2v) is 5.76. The van der Waals surface area contributed by atoms with Crippen LogP contribution in [-0.2, 0) is 6.42 Å². The first-order valence-electron chi connectivity index (χ1n) is 6.71. The summed E-state index contributed by atoms with van der Waals surface area (Å²) in [6.07, 6.45) is 5.66. The zero-order chi connectivity index (χ0) is 13.7. The van der Waals surface area contributed by atoms with Crippen molar-refractivity contribution >= 4 is 15.9 Å². The molecule has 0 aliphatic heterocycles. The molecule has 0 aliphatic rings. The summed E-state index contributed by atoms with van der Waals surface area (Å²) in [6.45, 7) is 5.38. The monoisotopic (exact) mass is 321 g/mol. The Kier molecular flexibility index (Phi) is 5.23. The molecule has 0 aliphatic carbocycles. The molecule has 1 heterocycles. The summed E-state index contributed by atoms with van der Waals surface area (Å²) in [5.41, 5.74) is 3.90. The number of furan rings is 1. The largest absolute Gasteiger partial charge is 0.472 e. The molecule has 0 radical (unpaired) electrons. The van der Waals surface area contributed by atoms with E-state index in [-0.39, 0.29) is 0 Å². The van der Waals surface area contributed by atoms with Crippen molar-refractivity contribution in [1.82, 2.24) is 5.32 Å². The summed E-state index contributed by atoms with van der Waals surface area (Å²) < 4.78 is 6.30. The maximum atomic E-state index is 5.17. The van der Waals surface area contributed by atoms with Crippen LogP contribution in [0.2, 0.25) is 0 Å². The first kappa shape index (κ1) is 14.4. The van der Waals surface area contributed by atoms with Gasteiger partial charge in [-0.15, -0.1) is 0 Å². The van der Waals surface area contributed by atoms with Gasteiger partial charge in [-0.3, -0.25) is 0 Å². The van der Waals surface area contributed by atoms with Gasteiger partial charge in [-0.05, 0) is 61.2 Å². The Morgan fingerprint density at radius 1 is 1.32 bits per heavy atom. The number of rotatable bonds is 6. The van der Waals surface area contributed by atoms with E-state index in [2.05, 4.69) is 53.3 Å². The van der Waals surface area contributed by atoms with Gasteiger partial charge in [0.15, 0.2) is 0 Å². The molecule has 102 valence electrons. The van der Waals surface area contributed by atoms with Gasteiger partial charge in [0.25, 0.3) is 0 Å². The second-order valence-electron chi connectivity index (χ2n) is 4.84. The Morgan fingerprint density at radius 3 is 2.79 bits per heavy atom. The zero-order valence-corrected chi connectivity index (χ0v) is 13.0. The van der Waals surface area contributed by atoms with Gasteiger partial charge in [0.1, 0.15) is 0 Å². The smallest absolute Gasteiger partial charge is 0.0935 e. The van der Waals surface area contributed by atoms with Crippen LogP contribution in [0.25, 0.3) is 0 Å². The highest BCUT2D eigenvalue weighted by molar-refractivity contribution is 9.10. The molecule has 1 aromatic heterocycles. The van der Waals surface area contributed by atoms with E-state index in [1.165, 1.54) is 16.7 Å². The molecule has 0 spiro atoms. The zero-order valence-electron chi connectivity index (χ0n) is 11.4. The van der Waals surface area contributed by atoms with Crippen molar-refractivity contribution in [2.75, 3.05) is 6.54 Å². The molecule has 1 N–H and O–H groups in total. The molecule has 0 saturated heterocycles. The normalized spacial score (nSPS) is 12.6. The molecule has 0 amide bonds. The molecule has 1 aromatic carbocycles. The number of halogens is 1. The van der Waals surface area contributed by atoms with Gasteiger partial charge < -0.3 is 9.73 Å². The Hall–Kier alpha value is -1.06. The first-order valence-corrected chi connectivity index (χ1v) is 7.50. The Morgan fingerprint density at radius 2 is 2.16 bits per heavy atom. The van der Waals surface area contributed by atoms with Crippen molar-refractivity contribution in [3.05, 3.63) is 58.0 Å². The van der Waals surface area contributed by atoms with Crippen LogP contribution in [0.4, 0.5) is 0 Å². The van der Waals surface area contributed by atoms with Gasteiger partial charge in [0.2, 0.25) is 0 Å². The lowest BCUT2D eigenvalue weighted by Crippen LogP contribution is -2.24. The molecule has 0 bridgehead atoms. The molecular weight excluding hydrogens is 302 g/mol. The maximum Gasteiger partial charge on any atom is 0.0935 e. The summed E-state index contributed by atoms with van der Waals surface area (Å²) in [6, 6.07) is 8.86. The van der Waals surface area contributed by atoms with Gasteiger partial charge in [-0.25, -0.2) is 0 Å². The minimum Gasteiger partial charge on any atom is -0.472 e. The lowest BCUT2D eigenvalue weighted by atomic mass is 9.96. The van der Waals surface area contributed by atoms with E-state index in [9.17, 15) is 0 Å². The lowest BCUT2D eigenvalue weighted by Gasteiger charge is -2.20. The van der Waals surface area contributed by atoms with Crippen LogP contribution in [0.1, 0.15) is 36.1 Å². The van der Waals surface area contributed by atoms with Gasteiger partial charge in [0, 0.05) is 10.5 Å². The first-order chi connectivity index (χ1) is 9.20. The highest BCUT2D eigenvalue weighted by atomic mass is 79.9. The van der Waals surface area contributed by atoms with Crippen LogP contribution in [-0.4, -0.2) is 6.54 Å². The fourth-order valence-corrected chi connectivity index (χ4v) is 2.76. The fraction of sp³-hybridized carbons (Fsp3) is 0.375. The summed E-state index contributed by atoms with van der Waals surface area (Å²) >= 11 is 3.52. The van der Waals surface area contributed by atoms with Crippen molar-refractivity contribution in [2.24, 2.45) is 0 Å². The summed E-state index contributed by atoms with van der Waals surface area (Å²) in [5.74, 6) is 0. The van der Waals surface area contributed by atoms with Crippen molar-refractivity contribution < 1.29 is 4.42 Å². The van der Waals surface area contributed by atoms with E-state index in [0.29, 0.717) is 6.04 Å². The average Bonchev–Trinajstić information content (AvgIpc) is 2.88. The third-order valence-electron chi connectivity index (χ3n) is 3.27. The van der Waals surface area contributed by atoms with Crippen LogP contribution in [0.15, 0.2) is 45.7 Å². The van der Waals surface area contributed by atoms with E-state index >= 15 is 0 Å². The quantitative estimate of drug-likeness (QED) is 0.838. The second kappa shape index (κ2) is 6.92. The number of nitrogens with one attached hydrogen (secondary N) is 1. The minimum atomic E-state index is 0.339. The molecule has 2 aromatic rings. The van der Waals surface area contributed by atoms with Gasteiger partial charge >= 0.3 is 0 Å². The number of hydrogen-bond acceptors (Lipinski definition) is 2. The van der Waals surface area contributed by atoms with E-state index < -0.39 is 0 Å². The van der Waals surface area contributed by atoms with Gasteiger partial charge in [-0.1, -0.05) is 28.9 Å². The molecule has 1 unspecified atom stereocenters. The van der Waals surface area contributed by atoms with E-state index in [4.69, 9.17) is 4.42 Å². The Bertz CT molecular complexity index is 507. The molecule has 0 fully saturated rings. The topological polar surface area (TPSA) is 25.2 Å². The molecule has 19 heavy (non-hydrogen) atoms. The predicted octanol–water partition coefficient (Wildman–Crippen LogP) is 4.63. The van der Waals surface area contributed by atoms with E-state index in [1.54, 1.807) is 6.26 Å². The number of aryl methyl sites for hydroxylation is 1. The Balaban J connectivity index is 2.20. The Labute approximate surface area is 123 Å². The van der Waals surface area contributed by atoms with Gasteiger partial charge in [0.05, 0.1) is 12.5 Å². The number of benzene rings is 1. The molecule has 1 atom stereocenters. The van der Waals surface area contributed by atoms with Gasteiger partial charge in [-0.2, -0.15) is 0 Å². The van der Waals surface area contributed by atoms with Crippen LogP contribution < -0.4 is 5.32 Å². The highest BCUT2D eigenvalue weighted by Gasteiger charge is 2.14. The van der Waals surface area contributed by atoms with Crippen LogP contribution in [0.5, 0.6) is 0 Å². The van der Waals surface area contributed by atoms with E-state index in [0.717, 1.165) is 23.9 Å². The van der Waals surface area contributed by atoms with Crippen LogP contribution in [0.3, 0.4) is 0 Å². The molecule has 2 nitrogen and oxygen atoms in total. The third kappa shape index (κ3) is 3.95. The predicted molar refractivity (Wildman–Crippen MR) is 82.3 cm³/mol. The third-order valence-corrected chi connectivity index (χ3v) is 3.76. The fourth-order valence-electron chi connectivity index (χ4n) is 2.29.